The molecule has 3 nitrogen and oxygen atoms in total. The van der Waals surface area contributed by atoms with Gasteiger partial charge in [-0.1, -0.05) is 6.07 Å². The van der Waals surface area contributed by atoms with Gasteiger partial charge in [0.05, 0.1) is 12.2 Å². The maximum absolute atomic E-state index is 9.63. The molecule has 1 atom stereocenters. The van der Waals surface area contributed by atoms with E-state index < -0.39 is 5.60 Å². The summed E-state index contributed by atoms with van der Waals surface area (Å²) in [7, 11) is 0. The van der Waals surface area contributed by atoms with Gasteiger partial charge >= 0.3 is 0 Å². The Morgan fingerprint density at radius 1 is 1.44 bits per heavy atom. The number of rotatable bonds is 4. The highest BCUT2D eigenvalue weighted by atomic mass is 16.5. The van der Waals surface area contributed by atoms with Gasteiger partial charge in [0.2, 0.25) is 0 Å². The summed E-state index contributed by atoms with van der Waals surface area (Å²) in [5.41, 5.74) is 8.02. The largest absolute Gasteiger partial charge is 0.493 e. The Bertz CT molecular complexity index is 409. The van der Waals surface area contributed by atoms with Gasteiger partial charge in [-0.2, -0.15) is 0 Å². The molecule has 100 valence electrons. The van der Waals surface area contributed by atoms with E-state index in [1.165, 1.54) is 17.5 Å². The summed E-state index contributed by atoms with van der Waals surface area (Å²) < 4.78 is 5.68. The van der Waals surface area contributed by atoms with E-state index >= 15 is 0 Å². The van der Waals surface area contributed by atoms with Crippen molar-refractivity contribution in [2.75, 3.05) is 6.61 Å². The van der Waals surface area contributed by atoms with Crippen LogP contribution in [0.5, 0.6) is 5.75 Å². The third-order valence-corrected chi connectivity index (χ3v) is 3.46. The normalized spacial score (nSPS) is 19.4. The molecule has 0 fully saturated rings. The molecule has 0 aromatic heterocycles. The van der Waals surface area contributed by atoms with E-state index in [-0.39, 0.29) is 6.04 Å². The molecule has 0 spiro atoms. The third kappa shape index (κ3) is 3.47. The number of nitrogens with two attached hydrogens (primary N) is 1. The first-order valence-corrected chi connectivity index (χ1v) is 6.69. The molecular weight excluding hydrogens is 226 g/mol. The van der Waals surface area contributed by atoms with Gasteiger partial charge in [-0.15, -0.1) is 0 Å². The summed E-state index contributed by atoms with van der Waals surface area (Å²) in [6.45, 7) is 4.11. The van der Waals surface area contributed by atoms with Gasteiger partial charge in [0.25, 0.3) is 0 Å². The fraction of sp³-hybridized carbons (Fsp3) is 0.600. The van der Waals surface area contributed by atoms with Crippen molar-refractivity contribution in [2.45, 2.75) is 51.2 Å². The molecule has 0 radical (unpaired) electrons. The lowest BCUT2D eigenvalue weighted by molar-refractivity contribution is 0.0553. The molecular formula is C15H23NO2. The van der Waals surface area contributed by atoms with Crippen LogP contribution in [0, 0.1) is 0 Å². The third-order valence-electron chi connectivity index (χ3n) is 3.46. The summed E-state index contributed by atoms with van der Waals surface area (Å²) >= 11 is 0. The van der Waals surface area contributed by atoms with Gasteiger partial charge in [-0.25, -0.2) is 0 Å². The van der Waals surface area contributed by atoms with Gasteiger partial charge < -0.3 is 15.6 Å². The average molecular weight is 249 g/mol. The van der Waals surface area contributed by atoms with Crippen LogP contribution in [0.3, 0.4) is 0 Å². The smallest absolute Gasteiger partial charge is 0.119 e. The van der Waals surface area contributed by atoms with E-state index in [2.05, 4.69) is 12.1 Å². The van der Waals surface area contributed by atoms with Crippen LogP contribution in [0.1, 0.15) is 50.3 Å². The number of aryl methyl sites for hydroxylation is 1. The fourth-order valence-electron chi connectivity index (χ4n) is 2.32. The monoisotopic (exact) mass is 249 g/mol. The van der Waals surface area contributed by atoms with Crippen molar-refractivity contribution in [2.24, 2.45) is 5.73 Å². The molecule has 2 rings (SSSR count). The molecule has 1 aliphatic carbocycles. The van der Waals surface area contributed by atoms with E-state index in [1.807, 2.05) is 6.07 Å². The zero-order chi connectivity index (χ0) is 13.2. The Morgan fingerprint density at radius 3 is 2.94 bits per heavy atom. The highest BCUT2D eigenvalue weighted by Gasteiger charge is 2.17. The predicted octanol–water partition coefficient (Wildman–Crippen LogP) is 2.56. The molecule has 18 heavy (non-hydrogen) atoms. The molecule has 0 saturated heterocycles. The van der Waals surface area contributed by atoms with E-state index in [0.717, 1.165) is 18.6 Å². The lowest BCUT2D eigenvalue weighted by Gasteiger charge is -2.23. The van der Waals surface area contributed by atoms with Crippen LogP contribution in [0.25, 0.3) is 0 Å². The summed E-state index contributed by atoms with van der Waals surface area (Å²) in [5.74, 6) is 0.857. The minimum absolute atomic E-state index is 0.145. The van der Waals surface area contributed by atoms with Crippen molar-refractivity contribution in [3.63, 3.8) is 0 Å². The molecule has 3 heteroatoms. The van der Waals surface area contributed by atoms with E-state index in [1.54, 1.807) is 13.8 Å². The average Bonchev–Trinajstić information content (AvgIpc) is 2.28. The summed E-state index contributed by atoms with van der Waals surface area (Å²) in [6, 6.07) is 6.32. The Hall–Kier alpha value is -1.06. The highest BCUT2D eigenvalue weighted by Crippen LogP contribution is 2.30. The quantitative estimate of drug-likeness (QED) is 0.862. The summed E-state index contributed by atoms with van der Waals surface area (Å²) in [4.78, 5) is 0. The second-order valence-electron chi connectivity index (χ2n) is 5.77. The van der Waals surface area contributed by atoms with Gasteiger partial charge in [0.15, 0.2) is 0 Å². The zero-order valence-electron chi connectivity index (χ0n) is 11.3. The first-order valence-electron chi connectivity index (χ1n) is 6.69. The maximum atomic E-state index is 9.63. The van der Waals surface area contributed by atoms with Crippen molar-refractivity contribution in [1.29, 1.82) is 0 Å². The number of ether oxygens (including phenoxy) is 1. The van der Waals surface area contributed by atoms with Crippen molar-refractivity contribution in [1.82, 2.24) is 0 Å². The summed E-state index contributed by atoms with van der Waals surface area (Å²) in [5, 5.41) is 9.63. The summed E-state index contributed by atoms with van der Waals surface area (Å²) in [6.07, 6.45) is 3.97. The van der Waals surface area contributed by atoms with Crippen molar-refractivity contribution in [3.8, 4) is 5.75 Å². The number of benzene rings is 1. The van der Waals surface area contributed by atoms with Crippen LogP contribution in [0.2, 0.25) is 0 Å². The minimum Gasteiger partial charge on any atom is -0.493 e. The van der Waals surface area contributed by atoms with E-state index in [0.29, 0.717) is 13.0 Å². The van der Waals surface area contributed by atoms with Gasteiger partial charge in [-0.05, 0) is 56.4 Å². The van der Waals surface area contributed by atoms with Crippen LogP contribution in [0.15, 0.2) is 18.2 Å². The first kappa shape index (κ1) is 13.4. The van der Waals surface area contributed by atoms with E-state index in [4.69, 9.17) is 10.5 Å². The number of hydrogen-bond donors (Lipinski definition) is 2. The number of hydrogen-bond acceptors (Lipinski definition) is 3. The first-order chi connectivity index (χ1) is 8.46. The van der Waals surface area contributed by atoms with Crippen molar-refractivity contribution < 1.29 is 9.84 Å². The Balaban J connectivity index is 2.00. The SMILES string of the molecule is CC(C)(O)CCOc1ccc2c(c1)[C@H](N)CCC2. The molecule has 0 unspecified atom stereocenters. The molecule has 0 aliphatic heterocycles. The standard InChI is InChI=1S/C15H23NO2/c1-15(2,17)8-9-18-12-7-6-11-4-3-5-14(16)13(11)10-12/h6-7,10,14,17H,3-5,8-9,16H2,1-2H3/t14-/m1/s1. The minimum atomic E-state index is -0.676. The van der Waals surface area contributed by atoms with Crippen LogP contribution < -0.4 is 10.5 Å². The molecule has 0 saturated carbocycles. The lowest BCUT2D eigenvalue weighted by Crippen LogP contribution is -2.22. The number of fused-ring (bicyclic) bond motifs is 1. The van der Waals surface area contributed by atoms with E-state index in [9.17, 15) is 5.11 Å². The fourth-order valence-corrected chi connectivity index (χ4v) is 2.32. The van der Waals surface area contributed by atoms with Crippen molar-refractivity contribution >= 4 is 0 Å². The van der Waals surface area contributed by atoms with Crippen molar-refractivity contribution in [3.05, 3.63) is 29.3 Å². The molecule has 0 bridgehead atoms. The zero-order valence-corrected chi connectivity index (χ0v) is 11.3. The maximum Gasteiger partial charge on any atom is 0.119 e. The molecule has 1 aromatic carbocycles. The number of aliphatic hydroxyl groups is 1. The molecule has 3 N–H and O–H groups in total. The lowest BCUT2D eigenvalue weighted by atomic mass is 9.88. The van der Waals surface area contributed by atoms with Gasteiger partial charge in [0.1, 0.15) is 5.75 Å². The predicted molar refractivity (Wildman–Crippen MR) is 72.7 cm³/mol. The Morgan fingerprint density at radius 2 is 2.22 bits per heavy atom. The molecule has 1 aliphatic rings. The second kappa shape index (κ2) is 5.29. The van der Waals surface area contributed by atoms with Crippen LogP contribution >= 0.6 is 0 Å². The topological polar surface area (TPSA) is 55.5 Å². The van der Waals surface area contributed by atoms with Crippen LogP contribution in [-0.2, 0) is 6.42 Å². The van der Waals surface area contributed by atoms with Gasteiger partial charge in [0, 0.05) is 12.5 Å². The molecule has 1 aromatic rings. The van der Waals surface area contributed by atoms with Crippen LogP contribution in [-0.4, -0.2) is 17.3 Å². The van der Waals surface area contributed by atoms with Gasteiger partial charge in [-0.3, -0.25) is 0 Å². The molecule has 0 amide bonds. The highest BCUT2D eigenvalue weighted by molar-refractivity contribution is 5.39. The van der Waals surface area contributed by atoms with Crippen LogP contribution in [0.4, 0.5) is 0 Å². The second-order valence-corrected chi connectivity index (χ2v) is 5.77. The molecule has 0 heterocycles. The Labute approximate surface area is 109 Å². The Kier molecular flexibility index (Phi) is 3.93.